The Balaban J connectivity index is 1.58. The van der Waals surface area contributed by atoms with E-state index in [4.69, 9.17) is 34.3 Å². The van der Waals surface area contributed by atoms with Gasteiger partial charge in [-0.1, -0.05) is 24.3 Å². The topological polar surface area (TPSA) is 338 Å². The van der Waals surface area contributed by atoms with Gasteiger partial charge in [-0.25, -0.2) is 28.3 Å². The number of fused-ring (bicyclic) bond motifs is 1. The van der Waals surface area contributed by atoms with Crippen molar-refractivity contribution in [3.05, 3.63) is 76.3 Å². The number of hydrogen-bond donors (Lipinski definition) is 9. The summed E-state index contributed by atoms with van der Waals surface area (Å²) in [5.74, 6) is -2.32. The molecule has 26 heteroatoms. The SMILES string of the molecule is CNc1ccccc1C(=O)O[C@@H]1[C@H](OC(=O)c2ccccc2NC)[C@@H](COP(=O)(O)OP(=O)(O)NP(=O)(O)O)O[C@H]1n1cnc2c(=O)[nH]c(N)nc21. The normalized spacial score (nSPS) is 21.2. The minimum Gasteiger partial charge on any atom is -0.452 e. The van der Waals surface area contributed by atoms with E-state index >= 15 is 0 Å². The van der Waals surface area contributed by atoms with Crippen molar-refractivity contribution in [1.29, 1.82) is 0 Å². The van der Waals surface area contributed by atoms with Gasteiger partial charge in [-0.15, -0.1) is 4.86 Å². The summed E-state index contributed by atoms with van der Waals surface area (Å²) in [6.07, 6.45) is -5.63. The highest BCUT2D eigenvalue weighted by atomic mass is 31.3. The first kappa shape index (κ1) is 38.7. The maximum atomic E-state index is 13.7. The molecule has 0 radical (unpaired) electrons. The molecule has 1 aliphatic heterocycles. The second-order valence-electron chi connectivity index (χ2n) is 10.7. The van der Waals surface area contributed by atoms with Gasteiger partial charge in [0.2, 0.25) is 5.95 Å². The van der Waals surface area contributed by atoms with E-state index in [9.17, 15) is 37.9 Å². The third kappa shape index (κ3) is 8.92. The van der Waals surface area contributed by atoms with Crippen molar-refractivity contribution in [1.82, 2.24) is 24.4 Å². The van der Waals surface area contributed by atoms with Crippen LogP contribution in [0.25, 0.3) is 11.2 Å². The number of nitrogen functional groups attached to an aromatic ring is 1. The number of aromatic nitrogens is 4. The van der Waals surface area contributed by atoms with Gasteiger partial charge in [0.15, 0.2) is 29.6 Å². The third-order valence-corrected chi connectivity index (χ3v) is 11.4. The number of carbonyl (C=O) groups excluding carboxylic acids is 2. The Hall–Kier alpha value is -4.50. The Morgan fingerprint density at radius 3 is 2.06 bits per heavy atom. The lowest BCUT2D eigenvalue weighted by Gasteiger charge is -2.25. The molecule has 1 fully saturated rings. The predicted octanol–water partition coefficient (Wildman–Crippen LogP) is 1.05. The van der Waals surface area contributed by atoms with Crippen LogP contribution in [-0.2, 0) is 36.7 Å². The predicted molar refractivity (Wildman–Crippen MR) is 179 cm³/mol. The number of nitrogens with two attached hydrogens (primary N) is 1. The summed E-state index contributed by atoms with van der Waals surface area (Å²) in [6, 6.07) is 12.3. The van der Waals surface area contributed by atoms with E-state index < -0.39 is 72.0 Å². The van der Waals surface area contributed by atoms with E-state index in [2.05, 4.69) is 29.9 Å². The summed E-state index contributed by atoms with van der Waals surface area (Å²) in [4.78, 5) is 89.1. The van der Waals surface area contributed by atoms with Crippen molar-refractivity contribution in [3.8, 4) is 0 Å². The number of H-pyrrole nitrogens is 1. The summed E-state index contributed by atoms with van der Waals surface area (Å²) < 4.78 is 63.9. The molecule has 4 aromatic rings. The van der Waals surface area contributed by atoms with Gasteiger partial charge in [-0.05, 0) is 24.3 Å². The van der Waals surface area contributed by atoms with Crippen LogP contribution < -0.4 is 26.8 Å². The number of nitrogens with zero attached hydrogens (tertiary/aromatic N) is 3. The van der Waals surface area contributed by atoms with Crippen molar-refractivity contribution in [2.45, 2.75) is 24.5 Å². The van der Waals surface area contributed by atoms with Gasteiger partial charge in [0, 0.05) is 25.5 Å². The highest BCUT2D eigenvalue weighted by Crippen LogP contribution is 2.61. The summed E-state index contributed by atoms with van der Waals surface area (Å²) >= 11 is 0. The van der Waals surface area contributed by atoms with Crippen molar-refractivity contribution >= 4 is 63.7 Å². The molecular formula is C26H31N8O15P3. The third-order valence-electron chi connectivity index (χ3n) is 7.20. The van der Waals surface area contributed by atoms with E-state index in [1.807, 2.05) is 0 Å². The fourth-order valence-electron chi connectivity index (χ4n) is 5.11. The Labute approximate surface area is 291 Å². The number of anilines is 3. The monoisotopic (exact) mass is 788 g/mol. The Morgan fingerprint density at radius 2 is 1.50 bits per heavy atom. The number of nitrogens with one attached hydrogen (secondary N) is 4. The number of benzene rings is 2. The number of imidazole rings is 1. The first-order valence-electron chi connectivity index (χ1n) is 14.6. The highest BCUT2D eigenvalue weighted by molar-refractivity contribution is 7.70. The smallest absolute Gasteiger partial charge is 0.452 e. The Bertz CT molecular complexity index is 2190. The molecule has 0 amide bonds. The van der Waals surface area contributed by atoms with Gasteiger partial charge in [0.25, 0.3) is 5.56 Å². The minimum absolute atomic E-state index is 0.00586. The van der Waals surface area contributed by atoms with E-state index in [1.165, 1.54) is 25.2 Å². The Kier molecular flexibility index (Phi) is 11.3. The van der Waals surface area contributed by atoms with Gasteiger partial charge in [0.1, 0.15) is 6.10 Å². The molecule has 1 aliphatic rings. The number of phosphoric ester groups is 1. The molecule has 2 aromatic carbocycles. The fraction of sp³-hybridized carbons (Fsp3) is 0.269. The van der Waals surface area contributed by atoms with E-state index in [1.54, 1.807) is 37.4 Å². The van der Waals surface area contributed by atoms with E-state index in [-0.39, 0.29) is 28.2 Å². The average Bonchev–Trinajstić information content (AvgIpc) is 3.62. The lowest BCUT2D eigenvalue weighted by atomic mass is 10.1. The molecule has 6 atom stereocenters. The zero-order valence-electron chi connectivity index (χ0n) is 26.8. The van der Waals surface area contributed by atoms with Gasteiger partial charge >= 0.3 is 35.3 Å². The van der Waals surface area contributed by atoms with Crippen LogP contribution in [0.4, 0.5) is 17.3 Å². The molecule has 52 heavy (non-hydrogen) atoms. The minimum atomic E-state index is -5.68. The van der Waals surface area contributed by atoms with Crippen LogP contribution in [0.2, 0.25) is 0 Å². The summed E-state index contributed by atoms with van der Waals surface area (Å²) in [5, 5.41) is 5.66. The van der Waals surface area contributed by atoms with Crippen LogP contribution in [-0.4, -0.2) is 90.0 Å². The van der Waals surface area contributed by atoms with Crippen LogP contribution in [0.3, 0.4) is 0 Å². The van der Waals surface area contributed by atoms with Gasteiger partial charge in [-0.2, -0.15) is 9.29 Å². The van der Waals surface area contributed by atoms with Crippen molar-refractivity contribution < 1.29 is 65.9 Å². The molecule has 23 nitrogen and oxygen atoms in total. The molecule has 0 saturated carbocycles. The summed E-state index contributed by atoms with van der Waals surface area (Å²) in [6.45, 7) is -1.12. The quantitative estimate of drug-likeness (QED) is 0.0637. The molecule has 280 valence electrons. The molecular weight excluding hydrogens is 757 g/mol. The number of hydrogen-bond acceptors (Lipinski definition) is 16. The maximum absolute atomic E-state index is 13.7. The number of rotatable bonds is 14. The standard InChI is InChI=1S/C26H31N8O15P3/c1-28-15-9-5-3-7-13(15)24(36)47-19-17(11-45-52(43,44)49-51(41,42)33-50(38,39)40)46-23(34-12-30-18-21(34)31-26(27)32-22(18)35)20(19)48-25(37)14-8-4-6-10-16(14)29-2/h3-10,12,17,19-20,23,28-29H,11H2,1-2H3,(H,43,44)(H3,27,31,32,35)(H4,33,38,39,40,41,42)/t17-,19-,20-,23-/m1/s1. The van der Waals surface area contributed by atoms with Crippen LogP contribution in [0.5, 0.6) is 0 Å². The number of aromatic amines is 1. The summed E-state index contributed by atoms with van der Waals surface area (Å²) in [7, 11) is -13.7. The molecule has 0 bridgehead atoms. The number of phosphoric acid groups is 1. The molecule has 3 heterocycles. The van der Waals surface area contributed by atoms with Crippen molar-refractivity contribution in [2.75, 3.05) is 37.1 Å². The van der Waals surface area contributed by atoms with Crippen LogP contribution >= 0.6 is 23.3 Å². The lowest BCUT2D eigenvalue weighted by molar-refractivity contribution is -0.0558. The van der Waals surface area contributed by atoms with Crippen LogP contribution in [0.1, 0.15) is 26.9 Å². The number of para-hydroxylation sites is 2. The van der Waals surface area contributed by atoms with Crippen molar-refractivity contribution in [3.63, 3.8) is 0 Å². The molecule has 0 spiro atoms. The zero-order valence-corrected chi connectivity index (χ0v) is 29.4. The second-order valence-corrected chi connectivity index (χ2v) is 15.5. The molecule has 0 aliphatic carbocycles. The average molecular weight is 788 g/mol. The van der Waals surface area contributed by atoms with Crippen LogP contribution in [0, 0.1) is 0 Å². The maximum Gasteiger partial charge on any atom is 0.480 e. The fourth-order valence-corrected chi connectivity index (χ4v) is 8.54. The van der Waals surface area contributed by atoms with Gasteiger partial charge in [0.05, 0.1) is 24.1 Å². The zero-order chi connectivity index (χ0) is 38.0. The number of esters is 2. The Morgan fingerprint density at radius 1 is 0.942 bits per heavy atom. The first-order valence-corrected chi connectivity index (χ1v) is 19.3. The van der Waals surface area contributed by atoms with Gasteiger partial charge in [-0.3, -0.25) is 18.9 Å². The molecule has 2 unspecified atom stereocenters. The summed E-state index contributed by atoms with van der Waals surface area (Å²) in [5.41, 5.74) is 5.27. The number of ether oxygens (including phenoxy) is 3. The highest BCUT2D eigenvalue weighted by Gasteiger charge is 2.52. The largest absolute Gasteiger partial charge is 0.480 e. The van der Waals surface area contributed by atoms with Crippen molar-refractivity contribution in [2.24, 2.45) is 0 Å². The van der Waals surface area contributed by atoms with Crippen LogP contribution in [0.15, 0.2) is 59.7 Å². The number of carbonyl (C=O) groups is 2. The first-order chi connectivity index (χ1) is 24.4. The lowest BCUT2D eigenvalue weighted by Crippen LogP contribution is -2.41. The van der Waals surface area contributed by atoms with Gasteiger partial charge < -0.3 is 50.2 Å². The van der Waals surface area contributed by atoms with E-state index in [0.29, 0.717) is 11.4 Å². The van der Waals surface area contributed by atoms with E-state index in [0.717, 1.165) is 15.8 Å². The molecule has 5 rings (SSSR count). The molecule has 1 saturated heterocycles. The molecule has 2 aromatic heterocycles. The second kappa shape index (κ2) is 15.2. The molecule has 10 N–H and O–H groups in total.